The van der Waals surface area contributed by atoms with Gasteiger partial charge in [0.1, 0.15) is 48.9 Å². The van der Waals surface area contributed by atoms with Crippen molar-refractivity contribution in [2.24, 2.45) is 44.8 Å². The Morgan fingerprint density at radius 1 is 0.779 bits per heavy atom. The van der Waals surface area contributed by atoms with Crippen molar-refractivity contribution in [1.29, 1.82) is 0 Å². The number of benzene rings is 2. The van der Waals surface area contributed by atoms with Gasteiger partial charge in [-0.25, -0.2) is 9.36 Å². The predicted molar refractivity (Wildman–Crippen MR) is 284 cm³/mol. The highest BCUT2D eigenvalue weighted by Crippen LogP contribution is 2.26. The lowest BCUT2D eigenvalue weighted by molar-refractivity contribution is -0.696. The average molecular weight is 1070 g/mol. The van der Waals surface area contributed by atoms with Crippen LogP contribution in [0.15, 0.2) is 89.5 Å². The molecule has 1 aliphatic heterocycles. The number of H-pyrrole nitrogens is 2. The van der Waals surface area contributed by atoms with E-state index in [4.69, 9.17) is 22.9 Å². The molecule has 1 aliphatic rings. The highest BCUT2D eigenvalue weighted by Gasteiger charge is 2.36. The van der Waals surface area contributed by atoms with Gasteiger partial charge in [0.25, 0.3) is 0 Å². The summed E-state index contributed by atoms with van der Waals surface area (Å²) in [5.41, 5.74) is 24.2. The fourth-order valence-corrected chi connectivity index (χ4v) is 9.03. The van der Waals surface area contributed by atoms with Crippen LogP contribution in [-0.2, 0) is 62.5 Å². The number of Topliss-reactive ketones (excluding diaryl/α,β-unsaturated/α-hetero) is 2. The zero-order valence-electron chi connectivity index (χ0n) is 43.1. The Hall–Kier alpha value is -8.64. The van der Waals surface area contributed by atoms with Gasteiger partial charge in [0.15, 0.2) is 17.7 Å². The first-order chi connectivity index (χ1) is 36.9. The van der Waals surface area contributed by atoms with Crippen molar-refractivity contribution in [3.05, 3.63) is 90.6 Å². The number of para-hydroxylation sites is 1. The van der Waals surface area contributed by atoms with Crippen LogP contribution in [0.1, 0.15) is 82.3 Å². The van der Waals surface area contributed by atoms with Gasteiger partial charge in [-0.15, -0.1) is 0 Å². The number of carboxylic acid groups (broad SMARTS) is 1. The topological polar surface area (TPSA) is 410 Å². The minimum absolute atomic E-state index is 0.00499. The van der Waals surface area contributed by atoms with Crippen LogP contribution < -0.4 is 59.4 Å². The van der Waals surface area contributed by atoms with Gasteiger partial charge in [0, 0.05) is 68.3 Å². The molecule has 414 valence electrons. The Balaban J connectivity index is 1.54. The third kappa shape index (κ3) is 19.9. The molecular formula is C52H72N15O10+. The number of ketones is 2. The Labute approximate surface area is 445 Å². The van der Waals surface area contributed by atoms with Crippen LogP contribution in [0.2, 0.25) is 0 Å². The Morgan fingerprint density at radius 3 is 2.16 bits per heavy atom. The number of fused-ring (bicyclic) bond motifs is 1. The van der Waals surface area contributed by atoms with E-state index >= 15 is 0 Å². The molecule has 1 saturated heterocycles. The summed E-state index contributed by atoms with van der Waals surface area (Å²) in [5.74, 6) is -9.50. The van der Waals surface area contributed by atoms with E-state index in [0.29, 0.717) is 11.1 Å². The number of carbonyl (C=O) groups excluding carboxylic acids is 8. The van der Waals surface area contributed by atoms with Gasteiger partial charge >= 0.3 is 5.97 Å². The lowest BCUT2D eigenvalue weighted by Crippen LogP contribution is -2.60. The molecule has 0 aliphatic carbocycles. The summed E-state index contributed by atoms with van der Waals surface area (Å²) < 4.78 is 1.59. The van der Waals surface area contributed by atoms with E-state index in [9.17, 15) is 48.3 Å². The number of nitrogens with one attached hydrogen (secondary N) is 8. The molecule has 0 unspecified atom stereocenters. The van der Waals surface area contributed by atoms with Gasteiger partial charge < -0.3 is 64.9 Å². The number of carbonyl (C=O) groups is 9. The van der Waals surface area contributed by atoms with Gasteiger partial charge in [-0.3, -0.25) is 53.3 Å². The minimum Gasteiger partial charge on any atom is -0.480 e. The van der Waals surface area contributed by atoms with Crippen LogP contribution >= 0.6 is 0 Å². The number of aliphatic imine (C=N–C) groups is 2. The molecule has 0 saturated carbocycles. The summed E-state index contributed by atoms with van der Waals surface area (Å²) in [7, 11) is 0. The quantitative estimate of drug-likeness (QED) is 0.0240. The molecule has 3 heterocycles. The number of hydrogen-bond acceptors (Lipinski definition) is 11. The van der Waals surface area contributed by atoms with Gasteiger partial charge in [0.2, 0.25) is 41.8 Å². The predicted octanol–water partition coefficient (Wildman–Crippen LogP) is -1.25. The number of amides is 6. The fourth-order valence-electron chi connectivity index (χ4n) is 9.03. The molecule has 5 rings (SSSR count). The third-order valence-corrected chi connectivity index (χ3v) is 13.0. The second kappa shape index (κ2) is 30.0. The number of rotatable bonds is 18. The molecule has 2 aromatic heterocycles. The largest absolute Gasteiger partial charge is 0.480 e. The highest BCUT2D eigenvalue weighted by atomic mass is 16.4. The van der Waals surface area contributed by atoms with Crippen molar-refractivity contribution in [2.75, 3.05) is 19.6 Å². The second-order valence-corrected chi connectivity index (χ2v) is 19.1. The highest BCUT2D eigenvalue weighted by molar-refractivity contribution is 5.98. The number of hydrogen-bond donors (Lipinski definition) is 13. The normalized spacial score (nSPS) is 21.1. The summed E-state index contributed by atoms with van der Waals surface area (Å²) in [6.07, 6.45) is 5.91. The number of nitrogens with two attached hydrogens (primary N) is 4. The molecule has 7 atom stereocenters. The molecule has 4 aromatic rings. The summed E-state index contributed by atoms with van der Waals surface area (Å²) in [4.78, 5) is 139. The van der Waals surface area contributed by atoms with Gasteiger partial charge in [0.05, 0.1) is 12.5 Å². The summed E-state index contributed by atoms with van der Waals surface area (Å²) in [5, 5.41) is 27.1. The molecular weight excluding hydrogens is 995 g/mol. The molecule has 0 spiro atoms. The molecule has 17 N–H and O–H groups in total. The number of imidazole rings is 1. The lowest BCUT2D eigenvalue weighted by atomic mass is 9.83. The number of aromatic nitrogens is 3. The van der Waals surface area contributed by atoms with Crippen molar-refractivity contribution < 1.29 is 52.8 Å². The van der Waals surface area contributed by atoms with E-state index in [1.165, 1.54) is 6.92 Å². The van der Waals surface area contributed by atoms with E-state index in [1.807, 2.05) is 24.3 Å². The Morgan fingerprint density at radius 2 is 1.47 bits per heavy atom. The zero-order valence-corrected chi connectivity index (χ0v) is 43.1. The molecule has 6 amide bonds. The lowest BCUT2D eigenvalue weighted by Gasteiger charge is -2.27. The number of guanidine groups is 2. The monoisotopic (exact) mass is 1070 g/mol. The van der Waals surface area contributed by atoms with Gasteiger partial charge in [-0.1, -0.05) is 48.5 Å². The van der Waals surface area contributed by atoms with Crippen LogP contribution in [0.25, 0.3) is 10.9 Å². The van der Waals surface area contributed by atoms with Crippen molar-refractivity contribution in [3.8, 4) is 0 Å². The van der Waals surface area contributed by atoms with E-state index in [1.54, 1.807) is 59.8 Å². The van der Waals surface area contributed by atoms with E-state index in [2.05, 4.69) is 51.9 Å². The number of nitrogens with zero attached hydrogens (tertiary/aromatic N) is 3. The summed E-state index contributed by atoms with van der Waals surface area (Å²) in [6.45, 7) is 1.31. The first kappa shape index (κ1) is 59.2. The average Bonchev–Trinajstić information content (AvgIpc) is 4.07. The van der Waals surface area contributed by atoms with Crippen LogP contribution in [0.4, 0.5) is 0 Å². The van der Waals surface area contributed by atoms with Crippen molar-refractivity contribution in [1.82, 2.24) is 41.9 Å². The number of aromatic amines is 2. The van der Waals surface area contributed by atoms with Crippen LogP contribution in [0.5, 0.6) is 0 Å². The standard InChI is InChI=1S/C52H71N15O10/c1-31(68)62-38(17-10-20-60-52(55)56)47(73)63-39-16-7-8-18-58-45(71)27-41(50(76)77)65-46(72)34(24-35-28-61-37-15-6-5-14-36(35)37)26-43(69)33(13-9-19-59-51(53)54)25-44(70)40(23-32-11-3-2-4-12-32)64-49(75)42(66-48(39)74)29-67-22-21-57-30-67/h2-6,11-12,14-15,21-22,28,30,33-34,38-42,61H,7-10,13,16-20,23-27,29H2,1H3,(H15,53,54,55,56,58,59,60,62,63,64,65,66,68,71,72,73,74,75,76,77)/p+1/t33-,34-,38+,39+,40-,41+,42+/m1/s1. The summed E-state index contributed by atoms with van der Waals surface area (Å²) in [6, 6.07) is 9.34. The maximum absolute atomic E-state index is 14.9. The minimum atomic E-state index is -1.71. The Bertz CT molecular complexity index is 2720. The summed E-state index contributed by atoms with van der Waals surface area (Å²) >= 11 is 0. The Kier molecular flexibility index (Phi) is 23.1. The number of aliphatic carboxylic acids is 1. The van der Waals surface area contributed by atoms with E-state index < -0.39 is 114 Å². The second-order valence-electron chi connectivity index (χ2n) is 19.1. The smallest absolute Gasteiger partial charge is 0.326 e. The first-order valence-corrected chi connectivity index (χ1v) is 25.6. The molecule has 25 nitrogen and oxygen atoms in total. The fraction of sp³-hybridized carbons (Fsp3) is 0.462. The molecule has 77 heavy (non-hydrogen) atoms. The number of carboxylic acids is 1. The molecule has 0 radical (unpaired) electrons. The SMILES string of the molecule is CC(=O)N[C@@H](CCCN=C(N)N)C(=O)N[C@H]1CCCCNC(=O)C[C@@H](C(=O)O)NC(=O)[C@H](Cc2c[nH]c3ccccc23)CC(=O)[C@H](CCCN=C(N)N)CC(=O)[C@@H](Cc2ccccc2)NC(=O)[C@H](C[n+]2cc[nH]c2)NC1=O. The zero-order chi connectivity index (χ0) is 55.9. The van der Waals surface area contributed by atoms with Crippen molar-refractivity contribution in [3.63, 3.8) is 0 Å². The first-order valence-electron chi connectivity index (χ1n) is 25.6. The molecule has 25 heteroatoms. The third-order valence-electron chi connectivity index (χ3n) is 13.0. The molecule has 1 fully saturated rings. The van der Waals surface area contributed by atoms with Crippen LogP contribution in [0.3, 0.4) is 0 Å². The van der Waals surface area contributed by atoms with E-state index in [0.717, 1.165) is 10.9 Å². The van der Waals surface area contributed by atoms with Crippen LogP contribution in [0, 0.1) is 11.8 Å². The molecule has 2 aromatic carbocycles. The molecule has 0 bridgehead atoms. The maximum atomic E-state index is 14.9. The van der Waals surface area contributed by atoms with Crippen molar-refractivity contribution in [2.45, 2.75) is 121 Å². The maximum Gasteiger partial charge on any atom is 0.326 e. The van der Waals surface area contributed by atoms with Gasteiger partial charge in [-0.05, 0) is 75.0 Å². The van der Waals surface area contributed by atoms with E-state index in [-0.39, 0.29) is 95.9 Å². The van der Waals surface area contributed by atoms with Gasteiger partial charge in [-0.2, -0.15) is 0 Å². The van der Waals surface area contributed by atoms with Crippen LogP contribution in [-0.4, -0.2) is 130 Å². The van der Waals surface area contributed by atoms with Crippen molar-refractivity contribution >= 4 is 75.8 Å².